The van der Waals surface area contributed by atoms with Gasteiger partial charge in [0.05, 0.1) is 0 Å². The minimum absolute atomic E-state index is 0.0108. The largest absolute Gasteiger partial charge is 0.480 e. The van der Waals surface area contributed by atoms with E-state index in [2.05, 4.69) is 0 Å². The van der Waals surface area contributed by atoms with Gasteiger partial charge in [-0.2, -0.15) is 0 Å². The fourth-order valence-electron chi connectivity index (χ4n) is 1.94. The Hall–Kier alpha value is -2.55. The van der Waals surface area contributed by atoms with Crippen LogP contribution in [0.1, 0.15) is 5.56 Å². The van der Waals surface area contributed by atoms with Gasteiger partial charge in [-0.1, -0.05) is 60.7 Å². The molecule has 0 aliphatic rings. The van der Waals surface area contributed by atoms with Gasteiger partial charge in [0.1, 0.15) is 6.54 Å². The van der Waals surface area contributed by atoms with E-state index in [0.29, 0.717) is 6.54 Å². The third-order valence-electron chi connectivity index (χ3n) is 2.88. The Bertz CT molecular complexity index is 564. The smallest absolute Gasteiger partial charge is 0.323 e. The zero-order valence-electron chi connectivity index (χ0n) is 11.1. The van der Waals surface area contributed by atoms with Crippen molar-refractivity contribution in [3.63, 3.8) is 0 Å². The van der Waals surface area contributed by atoms with Gasteiger partial charge in [0.15, 0.2) is 0 Å². The maximum absolute atomic E-state index is 11.0. The molecular formula is C17H17NO2. The number of benzene rings is 2. The van der Waals surface area contributed by atoms with Crippen LogP contribution in [0.2, 0.25) is 0 Å². The third kappa shape index (κ3) is 4.28. The highest BCUT2D eigenvalue weighted by Gasteiger charge is 2.08. The molecule has 0 saturated carbocycles. The summed E-state index contributed by atoms with van der Waals surface area (Å²) in [7, 11) is 0. The van der Waals surface area contributed by atoms with Crippen molar-refractivity contribution >= 4 is 17.7 Å². The first kappa shape index (κ1) is 13.9. The Labute approximate surface area is 118 Å². The molecule has 3 heteroatoms. The van der Waals surface area contributed by atoms with Crippen LogP contribution in [0.3, 0.4) is 0 Å². The summed E-state index contributed by atoms with van der Waals surface area (Å²) in [4.78, 5) is 12.8. The van der Waals surface area contributed by atoms with Crippen molar-refractivity contribution in [1.82, 2.24) is 0 Å². The van der Waals surface area contributed by atoms with Crippen LogP contribution in [-0.4, -0.2) is 24.2 Å². The second-order valence-electron chi connectivity index (χ2n) is 4.42. The van der Waals surface area contributed by atoms with Crippen LogP contribution in [0.5, 0.6) is 0 Å². The summed E-state index contributed by atoms with van der Waals surface area (Å²) >= 11 is 0. The Morgan fingerprint density at radius 2 is 1.60 bits per heavy atom. The summed E-state index contributed by atoms with van der Waals surface area (Å²) in [6, 6.07) is 19.5. The molecule has 0 bridgehead atoms. The molecule has 0 radical (unpaired) electrons. The van der Waals surface area contributed by atoms with Crippen molar-refractivity contribution < 1.29 is 9.90 Å². The second kappa shape index (κ2) is 7.14. The van der Waals surface area contributed by atoms with Crippen LogP contribution in [-0.2, 0) is 4.79 Å². The van der Waals surface area contributed by atoms with Crippen LogP contribution in [0.15, 0.2) is 66.7 Å². The van der Waals surface area contributed by atoms with Crippen molar-refractivity contribution in [3.05, 3.63) is 72.3 Å². The zero-order valence-corrected chi connectivity index (χ0v) is 11.1. The molecule has 0 aliphatic carbocycles. The number of nitrogens with zero attached hydrogens (tertiary/aromatic N) is 1. The summed E-state index contributed by atoms with van der Waals surface area (Å²) in [6.07, 6.45) is 3.98. The van der Waals surface area contributed by atoms with Gasteiger partial charge in [-0.15, -0.1) is 0 Å². The van der Waals surface area contributed by atoms with Crippen molar-refractivity contribution in [1.29, 1.82) is 0 Å². The van der Waals surface area contributed by atoms with Crippen molar-refractivity contribution in [2.24, 2.45) is 0 Å². The summed E-state index contributed by atoms with van der Waals surface area (Å²) in [5.74, 6) is -0.832. The van der Waals surface area contributed by atoms with E-state index in [0.717, 1.165) is 11.3 Å². The lowest BCUT2D eigenvalue weighted by atomic mass is 10.2. The molecule has 102 valence electrons. The minimum atomic E-state index is -0.832. The quantitative estimate of drug-likeness (QED) is 0.873. The molecule has 0 amide bonds. The number of carboxylic acid groups (broad SMARTS) is 1. The first-order chi connectivity index (χ1) is 9.75. The molecule has 0 unspecified atom stereocenters. The van der Waals surface area contributed by atoms with Crippen molar-refractivity contribution in [3.8, 4) is 0 Å². The number of para-hydroxylation sites is 1. The Morgan fingerprint density at radius 3 is 2.20 bits per heavy atom. The lowest BCUT2D eigenvalue weighted by Crippen LogP contribution is -2.29. The van der Waals surface area contributed by atoms with Gasteiger partial charge in [0, 0.05) is 12.2 Å². The first-order valence-corrected chi connectivity index (χ1v) is 6.49. The summed E-state index contributed by atoms with van der Waals surface area (Å²) in [5, 5.41) is 9.00. The highest BCUT2D eigenvalue weighted by molar-refractivity contribution is 5.74. The van der Waals surface area contributed by atoms with Gasteiger partial charge in [-0.25, -0.2) is 0 Å². The molecule has 1 N–H and O–H groups in total. The topological polar surface area (TPSA) is 40.5 Å². The zero-order chi connectivity index (χ0) is 14.2. The lowest BCUT2D eigenvalue weighted by Gasteiger charge is -2.21. The van der Waals surface area contributed by atoms with E-state index in [1.165, 1.54) is 0 Å². The second-order valence-corrected chi connectivity index (χ2v) is 4.42. The molecule has 3 nitrogen and oxygen atoms in total. The fourth-order valence-corrected chi connectivity index (χ4v) is 1.94. The van der Waals surface area contributed by atoms with Gasteiger partial charge < -0.3 is 10.0 Å². The van der Waals surface area contributed by atoms with Crippen molar-refractivity contribution in [2.45, 2.75) is 0 Å². The van der Waals surface area contributed by atoms with E-state index in [1.807, 2.05) is 77.7 Å². The van der Waals surface area contributed by atoms with E-state index in [4.69, 9.17) is 5.11 Å². The number of carboxylic acids is 1. The molecule has 0 fully saturated rings. The molecule has 2 aromatic rings. The molecule has 0 atom stereocenters. The van der Waals surface area contributed by atoms with Gasteiger partial charge >= 0.3 is 5.97 Å². The molecule has 0 spiro atoms. The van der Waals surface area contributed by atoms with E-state index in [1.54, 1.807) is 0 Å². The SMILES string of the molecule is O=C(O)CN(C/C=C/c1ccccc1)c1ccccc1. The van der Waals surface area contributed by atoms with Gasteiger partial charge in [0.25, 0.3) is 0 Å². The maximum Gasteiger partial charge on any atom is 0.323 e. The number of rotatable bonds is 6. The van der Waals surface area contributed by atoms with Crippen molar-refractivity contribution in [2.75, 3.05) is 18.0 Å². The predicted molar refractivity (Wildman–Crippen MR) is 81.8 cm³/mol. The molecular weight excluding hydrogens is 250 g/mol. The number of carbonyl (C=O) groups is 1. The van der Waals surface area contributed by atoms with E-state index >= 15 is 0 Å². The highest BCUT2D eigenvalue weighted by atomic mass is 16.4. The molecule has 2 rings (SSSR count). The third-order valence-corrected chi connectivity index (χ3v) is 2.88. The minimum Gasteiger partial charge on any atom is -0.480 e. The fraction of sp³-hybridized carbons (Fsp3) is 0.118. The molecule has 20 heavy (non-hydrogen) atoms. The van der Waals surface area contributed by atoms with Gasteiger partial charge in [-0.3, -0.25) is 4.79 Å². The monoisotopic (exact) mass is 267 g/mol. The summed E-state index contributed by atoms with van der Waals surface area (Å²) < 4.78 is 0. The maximum atomic E-state index is 11.0. The number of aliphatic carboxylic acids is 1. The molecule has 0 aliphatic heterocycles. The van der Waals surface area contributed by atoms with Gasteiger partial charge in [-0.05, 0) is 17.7 Å². The van der Waals surface area contributed by atoms with E-state index < -0.39 is 5.97 Å². The molecule has 0 aromatic heterocycles. The predicted octanol–water partition coefficient (Wildman–Crippen LogP) is 3.29. The van der Waals surface area contributed by atoms with Gasteiger partial charge in [0.2, 0.25) is 0 Å². The average molecular weight is 267 g/mol. The van der Waals surface area contributed by atoms with Crippen LogP contribution in [0, 0.1) is 0 Å². The standard InChI is InChI=1S/C17H17NO2/c19-17(20)14-18(16-11-5-2-6-12-16)13-7-10-15-8-3-1-4-9-15/h1-12H,13-14H2,(H,19,20)/b10-7+. The molecule has 2 aromatic carbocycles. The highest BCUT2D eigenvalue weighted by Crippen LogP contribution is 2.13. The Morgan fingerprint density at radius 1 is 1.00 bits per heavy atom. The summed E-state index contributed by atoms with van der Waals surface area (Å²) in [5.41, 5.74) is 2.02. The first-order valence-electron chi connectivity index (χ1n) is 6.49. The number of hydrogen-bond donors (Lipinski definition) is 1. The van der Waals surface area contributed by atoms with Crippen LogP contribution in [0.25, 0.3) is 6.08 Å². The lowest BCUT2D eigenvalue weighted by molar-refractivity contribution is -0.135. The number of hydrogen-bond acceptors (Lipinski definition) is 2. The van der Waals surface area contributed by atoms with Crippen LogP contribution >= 0.6 is 0 Å². The Balaban J connectivity index is 2.05. The molecule has 0 saturated heterocycles. The Kier molecular flexibility index (Phi) is 4.95. The van der Waals surface area contributed by atoms with Crippen LogP contribution in [0.4, 0.5) is 5.69 Å². The average Bonchev–Trinajstić information content (AvgIpc) is 2.48. The number of anilines is 1. The summed E-state index contributed by atoms with van der Waals surface area (Å²) in [6.45, 7) is 0.550. The normalized spacial score (nSPS) is 10.6. The van der Waals surface area contributed by atoms with E-state index in [-0.39, 0.29) is 6.54 Å². The van der Waals surface area contributed by atoms with Crippen LogP contribution < -0.4 is 4.90 Å². The molecule has 0 heterocycles. The van der Waals surface area contributed by atoms with E-state index in [9.17, 15) is 4.79 Å².